The van der Waals surface area contributed by atoms with E-state index in [1.54, 1.807) is 0 Å². The highest BCUT2D eigenvalue weighted by Crippen LogP contribution is 2.27. The number of hydrogen-bond donors (Lipinski definition) is 1. The third-order valence-corrected chi connectivity index (χ3v) is 5.21. The SMILES string of the molecule is CCCCCC(CCCCC)NC1CCC(CC)CC1. The molecule has 0 amide bonds. The maximum Gasteiger partial charge on any atom is 0.00698 e. The van der Waals surface area contributed by atoms with Crippen LogP contribution < -0.4 is 5.32 Å². The van der Waals surface area contributed by atoms with Gasteiger partial charge in [0, 0.05) is 12.1 Å². The van der Waals surface area contributed by atoms with Gasteiger partial charge in [-0.05, 0) is 44.4 Å². The van der Waals surface area contributed by atoms with Gasteiger partial charge in [-0.1, -0.05) is 65.7 Å². The molecule has 0 aliphatic heterocycles. The predicted octanol–water partition coefficient (Wildman–Crippen LogP) is 6.07. The molecule has 120 valence electrons. The highest BCUT2D eigenvalue weighted by atomic mass is 14.9. The predicted molar refractivity (Wildman–Crippen MR) is 91.2 cm³/mol. The molecule has 0 aromatic rings. The van der Waals surface area contributed by atoms with Gasteiger partial charge in [-0.15, -0.1) is 0 Å². The van der Waals surface area contributed by atoms with Crippen molar-refractivity contribution in [2.45, 2.75) is 116 Å². The smallest absolute Gasteiger partial charge is 0.00698 e. The molecule has 0 heterocycles. The van der Waals surface area contributed by atoms with Crippen LogP contribution >= 0.6 is 0 Å². The first-order valence-corrected chi connectivity index (χ1v) is 9.56. The molecule has 1 rings (SSSR count). The summed E-state index contributed by atoms with van der Waals surface area (Å²) in [7, 11) is 0. The van der Waals surface area contributed by atoms with E-state index in [2.05, 4.69) is 26.1 Å². The first-order valence-electron chi connectivity index (χ1n) is 9.56. The minimum absolute atomic E-state index is 0.802. The van der Waals surface area contributed by atoms with Crippen molar-refractivity contribution in [2.75, 3.05) is 0 Å². The quantitative estimate of drug-likeness (QED) is 0.453. The van der Waals surface area contributed by atoms with Crippen molar-refractivity contribution in [1.82, 2.24) is 5.32 Å². The fourth-order valence-corrected chi connectivity index (χ4v) is 3.66. The largest absolute Gasteiger partial charge is 0.311 e. The lowest BCUT2D eigenvalue weighted by molar-refractivity contribution is 0.257. The average molecular weight is 282 g/mol. The van der Waals surface area contributed by atoms with Crippen molar-refractivity contribution < 1.29 is 0 Å². The molecule has 1 nitrogen and oxygen atoms in total. The molecule has 1 saturated carbocycles. The van der Waals surface area contributed by atoms with E-state index in [0.717, 1.165) is 18.0 Å². The van der Waals surface area contributed by atoms with Crippen molar-refractivity contribution in [3.05, 3.63) is 0 Å². The molecule has 1 heteroatoms. The Morgan fingerprint density at radius 2 is 1.35 bits per heavy atom. The topological polar surface area (TPSA) is 12.0 Å². The third-order valence-electron chi connectivity index (χ3n) is 5.21. The normalized spacial score (nSPS) is 23.4. The maximum absolute atomic E-state index is 4.02. The molecule has 0 spiro atoms. The summed E-state index contributed by atoms with van der Waals surface area (Å²) < 4.78 is 0. The van der Waals surface area contributed by atoms with E-state index in [-0.39, 0.29) is 0 Å². The van der Waals surface area contributed by atoms with Crippen LogP contribution in [0.3, 0.4) is 0 Å². The summed E-state index contributed by atoms with van der Waals surface area (Å²) in [6.07, 6.45) is 18.4. The number of unbranched alkanes of at least 4 members (excludes halogenated alkanes) is 4. The van der Waals surface area contributed by atoms with E-state index < -0.39 is 0 Å². The van der Waals surface area contributed by atoms with Gasteiger partial charge in [-0.3, -0.25) is 0 Å². The van der Waals surface area contributed by atoms with Crippen LogP contribution in [0.25, 0.3) is 0 Å². The van der Waals surface area contributed by atoms with Crippen molar-refractivity contribution >= 4 is 0 Å². The summed E-state index contributed by atoms with van der Waals surface area (Å²) in [5.41, 5.74) is 0. The van der Waals surface area contributed by atoms with Crippen LogP contribution in [0.4, 0.5) is 0 Å². The van der Waals surface area contributed by atoms with Crippen LogP contribution in [0.5, 0.6) is 0 Å². The molecule has 20 heavy (non-hydrogen) atoms. The highest BCUT2D eigenvalue weighted by molar-refractivity contribution is 4.80. The lowest BCUT2D eigenvalue weighted by Crippen LogP contribution is -2.40. The third kappa shape index (κ3) is 7.67. The molecule has 0 radical (unpaired) electrons. The average Bonchev–Trinajstić information content (AvgIpc) is 2.48. The Kier molecular flexibility index (Phi) is 10.4. The van der Waals surface area contributed by atoms with Crippen LogP contribution in [0.2, 0.25) is 0 Å². The molecular formula is C19H39N. The molecule has 0 aromatic carbocycles. The molecule has 1 fully saturated rings. The minimum Gasteiger partial charge on any atom is -0.311 e. The maximum atomic E-state index is 4.02. The minimum atomic E-state index is 0.802. The molecule has 0 unspecified atom stereocenters. The highest BCUT2D eigenvalue weighted by Gasteiger charge is 2.21. The second-order valence-electron chi connectivity index (χ2n) is 6.98. The summed E-state index contributed by atoms with van der Waals surface area (Å²) in [5.74, 6) is 1.02. The van der Waals surface area contributed by atoms with Crippen LogP contribution in [0.1, 0.15) is 104 Å². The van der Waals surface area contributed by atoms with Crippen molar-refractivity contribution in [1.29, 1.82) is 0 Å². The van der Waals surface area contributed by atoms with Gasteiger partial charge in [0.05, 0.1) is 0 Å². The number of hydrogen-bond acceptors (Lipinski definition) is 1. The van der Waals surface area contributed by atoms with Crippen molar-refractivity contribution in [3.63, 3.8) is 0 Å². The number of rotatable bonds is 11. The summed E-state index contributed by atoms with van der Waals surface area (Å²) in [6, 6.07) is 1.63. The summed E-state index contributed by atoms with van der Waals surface area (Å²) in [6.45, 7) is 6.98. The Morgan fingerprint density at radius 3 is 1.80 bits per heavy atom. The zero-order valence-electron chi connectivity index (χ0n) is 14.4. The van der Waals surface area contributed by atoms with Gasteiger partial charge in [-0.25, -0.2) is 0 Å². The lowest BCUT2D eigenvalue weighted by atomic mass is 9.84. The molecule has 1 aliphatic rings. The van der Waals surface area contributed by atoms with Crippen LogP contribution in [-0.2, 0) is 0 Å². The van der Waals surface area contributed by atoms with Crippen molar-refractivity contribution in [3.8, 4) is 0 Å². The Bertz CT molecular complexity index is 196. The zero-order chi connectivity index (χ0) is 14.6. The first-order chi connectivity index (χ1) is 9.80. The molecule has 0 aromatic heterocycles. The molecule has 0 bridgehead atoms. The summed E-state index contributed by atoms with van der Waals surface area (Å²) >= 11 is 0. The van der Waals surface area contributed by atoms with Crippen LogP contribution in [0, 0.1) is 5.92 Å². The van der Waals surface area contributed by atoms with Gasteiger partial charge in [0.1, 0.15) is 0 Å². The molecule has 1 aliphatic carbocycles. The first kappa shape index (κ1) is 18.0. The van der Waals surface area contributed by atoms with E-state index in [1.165, 1.54) is 83.5 Å². The van der Waals surface area contributed by atoms with E-state index in [0.29, 0.717) is 0 Å². The summed E-state index contributed by atoms with van der Waals surface area (Å²) in [5, 5.41) is 4.02. The van der Waals surface area contributed by atoms with Crippen LogP contribution in [-0.4, -0.2) is 12.1 Å². The van der Waals surface area contributed by atoms with Crippen molar-refractivity contribution in [2.24, 2.45) is 5.92 Å². The fourth-order valence-electron chi connectivity index (χ4n) is 3.66. The van der Waals surface area contributed by atoms with E-state index in [9.17, 15) is 0 Å². The Labute approximate surface area is 128 Å². The second kappa shape index (κ2) is 11.6. The van der Waals surface area contributed by atoms with Gasteiger partial charge in [0.25, 0.3) is 0 Å². The van der Waals surface area contributed by atoms with Gasteiger partial charge in [-0.2, -0.15) is 0 Å². The second-order valence-corrected chi connectivity index (χ2v) is 6.98. The Hall–Kier alpha value is -0.0400. The van der Waals surface area contributed by atoms with Gasteiger partial charge in [0.15, 0.2) is 0 Å². The van der Waals surface area contributed by atoms with E-state index in [1.807, 2.05) is 0 Å². The van der Waals surface area contributed by atoms with E-state index in [4.69, 9.17) is 0 Å². The fraction of sp³-hybridized carbons (Fsp3) is 1.00. The molecular weight excluding hydrogens is 242 g/mol. The number of nitrogens with one attached hydrogen (secondary N) is 1. The standard InChI is InChI=1S/C19H39N/c1-4-7-9-11-18(12-10-8-5-2)20-19-15-13-17(6-3)14-16-19/h17-20H,4-16H2,1-3H3. The van der Waals surface area contributed by atoms with Gasteiger partial charge < -0.3 is 5.32 Å². The zero-order valence-corrected chi connectivity index (χ0v) is 14.4. The van der Waals surface area contributed by atoms with Crippen LogP contribution in [0.15, 0.2) is 0 Å². The van der Waals surface area contributed by atoms with Gasteiger partial charge in [0.2, 0.25) is 0 Å². The monoisotopic (exact) mass is 281 g/mol. The molecule has 1 N–H and O–H groups in total. The van der Waals surface area contributed by atoms with E-state index >= 15 is 0 Å². The summed E-state index contributed by atoms with van der Waals surface area (Å²) in [4.78, 5) is 0. The Balaban J connectivity index is 2.26. The molecule has 0 atom stereocenters. The molecule has 0 saturated heterocycles. The van der Waals surface area contributed by atoms with Gasteiger partial charge >= 0.3 is 0 Å². The lowest BCUT2D eigenvalue weighted by Gasteiger charge is -2.32. The Morgan fingerprint density at radius 1 is 0.800 bits per heavy atom.